The molecule has 2 aromatic rings. The van der Waals surface area contributed by atoms with Crippen molar-refractivity contribution in [3.05, 3.63) is 50.6 Å². The molecule has 0 spiro atoms. The SMILES string of the molecule is NC/C(=C\F)Cn1ncn(Cc2ccc(C#CCN3CCS(=O)(=O)CC3)s2)c1=O. The van der Waals surface area contributed by atoms with Crippen molar-refractivity contribution in [1.82, 2.24) is 19.2 Å². The topological polar surface area (TPSA) is 103 Å². The van der Waals surface area contributed by atoms with Gasteiger partial charge in [0.05, 0.1) is 42.3 Å². The molecule has 0 atom stereocenters. The fourth-order valence-corrected chi connectivity index (χ4v) is 4.93. The third kappa shape index (κ3) is 5.86. The normalized spacial score (nSPS) is 17.1. The van der Waals surface area contributed by atoms with Gasteiger partial charge >= 0.3 is 5.69 Å². The minimum Gasteiger partial charge on any atom is -0.327 e. The largest absolute Gasteiger partial charge is 0.346 e. The zero-order valence-corrected chi connectivity index (χ0v) is 17.4. The van der Waals surface area contributed by atoms with Crippen LogP contribution < -0.4 is 11.4 Å². The van der Waals surface area contributed by atoms with E-state index in [2.05, 4.69) is 16.9 Å². The summed E-state index contributed by atoms with van der Waals surface area (Å²) in [5.74, 6) is 6.54. The first-order chi connectivity index (χ1) is 13.9. The number of thiophene rings is 1. The summed E-state index contributed by atoms with van der Waals surface area (Å²) in [5.41, 5.74) is 5.37. The summed E-state index contributed by atoms with van der Waals surface area (Å²) >= 11 is 1.48. The summed E-state index contributed by atoms with van der Waals surface area (Å²) < 4.78 is 38.1. The van der Waals surface area contributed by atoms with Crippen molar-refractivity contribution in [3.63, 3.8) is 0 Å². The highest BCUT2D eigenvalue weighted by molar-refractivity contribution is 7.91. The molecule has 1 aliphatic heterocycles. The number of aromatic nitrogens is 3. The van der Waals surface area contributed by atoms with Crippen LogP contribution in [0.25, 0.3) is 0 Å². The van der Waals surface area contributed by atoms with Crippen LogP contribution in [0, 0.1) is 11.8 Å². The predicted molar refractivity (Wildman–Crippen MR) is 110 cm³/mol. The third-order valence-corrected chi connectivity index (χ3v) is 7.10. The third-order valence-electron chi connectivity index (χ3n) is 4.51. The Hall–Kier alpha value is -2.26. The van der Waals surface area contributed by atoms with E-state index in [1.807, 2.05) is 17.0 Å². The van der Waals surface area contributed by atoms with Gasteiger partial charge in [-0.25, -0.2) is 22.3 Å². The molecule has 1 saturated heterocycles. The van der Waals surface area contributed by atoms with Crippen molar-refractivity contribution in [3.8, 4) is 11.8 Å². The number of nitrogens with two attached hydrogens (primary N) is 1. The molecule has 0 saturated carbocycles. The minimum atomic E-state index is -2.88. The van der Waals surface area contributed by atoms with Crippen LogP contribution in [0.1, 0.15) is 9.75 Å². The Morgan fingerprint density at radius 3 is 2.79 bits per heavy atom. The van der Waals surface area contributed by atoms with Crippen LogP contribution in [-0.4, -0.2) is 65.4 Å². The molecule has 2 aromatic heterocycles. The summed E-state index contributed by atoms with van der Waals surface area (Å²) in [7, 11) is -2.88. The lowest BCUT2D eigenvalue weighted by Crippen LogP contribution is -2.40. The maximum atomic E-state index is 12.7. The smallest absolute Gasteiger partial charge is 0.327 e. The van der Waals surface area contributed by atoms with Gasteiger partial charge in [-0.15, -0.1) is 11.3 Å². The molecule has 0 amide bonds. The van der Waals surface area contributed by atoms with Gasteiger partial charge in [-0.05, 0) is 17.7 Å². The zero-order chi connectivity index (χ0) is 20.9. The Morgan fingerprint density at radius 2 is 2.10 bits per heavy atom. The fourth-order valence-electron chi connectivity index (χ4n) is 2.77. The first-order valence-electron chi connectivity index (χ1n) is 9.01. The second-order valence-electron chi connectivity index (χ2n) is 6.67. The highest BCUT2D eigenvalue weighted by atomic mass is 32.2. The summed E-state index contributed by atoms with van der Waals surface area (Å²) in [5, 5.41) is 4.00. The number of rotatable bonds is 6. The van der Waals surface area contributed by atoms with E-state index < -0.39 is 9.84 Å². The van der Waals surface area contributed by atoms with E-state index in [0.29, 0.717) is 32.5 Å². The Kier molecular flexibility index (Phi) is 7.02. The molecule has 0 aliphatic carbocycles. The quantitative estimate of drug-likeness (QED) is 0.638. The molecular weight excluding hydrogens is 417 g/mol. The molecule has 0 radical (unpaired) electrons. The van der Waals surface area contributed by atoms with Gasteiger partial charge in [-0.1, -0.05) is 11.8 Å². The number of sulfone groups is 1. The zero-order valence-electron chi connectivity index (χ0n) is 15.8. The molecule has 3 heterocycles. The van der Waals surface area contributed by atoms with Crippen LogP contribution in [0.3, 0.4) is 0 Å². The van der Waals surface area contributed by atoms with Crippen molar-refractivity contribution >= 4 is 21.2 Å². The monoisotopic (exact) mass is 439 g/mol. The van der Waals surface area contributed by atoms with E-state index in [4.69, 9.17) is 5.73 Å². The summed E-state index contributed by atoms with van der Waals surface area (Å²) in [6.07, 6.45) is 1.82. The van der Waals surface area contributed by atoms with Gasteiger partial charge < -0.3 is 5.73 Å². The van der Waals surface area contributed by atoms with Crippen LogP contribution in [0.5, 0.6) is 0 Å². The minimum absolute atomic E-state index is 0.0238. The van der Waals surface area contributed by atoms with Crippen molar-refractivity contribution in [1.29, 1.82) is 0 Å². The average Bonchev–Trinajstić information content (AvgIpc) is 3.29. The lowest BCUT2D eigenvalue weighted by Gasteiger charge is -2.24. The standard InChI is InChI=1S/C18H22FN5O3S2/c19-10-15(11-20)12-24-18(25)23(14-21-24)13-17-4-3-16(28-17)2-1-5-22-6-8-29(26,27)9-7-22/h3-4,10,14H,5-9,11-13,20H2/b15-10+. The van der Waals surface area contributed by atoms with Crippen molar-refractivity contribution < 1.29 is 12.8 Å². The van der Waals surface area contributed by atoms with E-state index in [9.17, 15) is 17.6 Å². The number of nitrogens with zero attached hydrogens (tertiary/aromatic N) is 4. The fraction of sp³-hybridized carbons (Fsp3) is 0.444. The molecule has 29 heavy (non-hydrogen) atoms. The molecule has 3 rings (SSSR count). The van der Waals surface area contributed by atoms with Crippen LogP contribution >= 0.6 is 11.3 Å². The molecule has 1 aliphatic rings. The van der Waals surface area contributed by atoms with Gasteiger partial charge in [0.1, 0.15) is 6.33 Å². The lowest BCUT2D eigenvalue weighted by atomic mass is 10.3. The number of halogens is 1. The van der Waals surface area contributed by atoms with E-state index >= 15 is 0 Å². The average molecular weight is 440 g/mol. The number of hydrogen-bond donors (Lipinski definition) is 1. The Morgan fingerprint density at radius 1 is 1.34 bits per heavy atom. The summed E-state index contributed by atoms with van der Waals surface area (Å²) in [6, 6.07) is 3.79. The van der Waals surface area contributed by atoms with Gasteiger partial charge in [0.2, 0.25) is 0 Å². The molecule has 0 aromatic carbocycles. The molecule has 1 fully saturated rings. The molecular formula is C18H22FN5O3S2. The molecule has 2 N–H and O–H groups in total. The first kappa shape index (κ1) is 21.4. The van der Waals surface area contributed by atoms with Crippen LogP contribution in [-0.2, 0) is 22.9 Å². The highest BCUT2D eigenvalue weighted by Crippen LogP contribution is 2.16. The maximum Gasteiger partial charge on any atom is 0.346 e. The van der Waals surface area contributed by atoms with Crippen LogP contribution in [0.15, 0.2) is 35.2 Å². The van der Waals surface area contributed by atoms with E-state index in [1.54, 1.807) is 0 Å². The van der Waals surface area contributed by atoms with Gasteiger partial charge in [-0.2, -0.15) is 5.10 Å². The second-order valence-corrected chi connectivity index (χ2v) is 10.1. The highest BCUT2D eigenvalue weighted by Gasteiger charge is 2.20. The summed E-state index contributed by atoms with van der Waals surface area (Å²) in [6.45, 7) is 1.97. The van der Waals surface area contributed by atoms with Gasteiger partial charge in [0.25, 0.3) is 0 Å². The molecule has 156 valence electrons. The lowest BCUT2D eigenvalue weighted by molar-refractivity contribution is 0.332. The predicted octanol–water partition coefficient (Wildman–Crippen LogP) is 0.0486. The molecule has 0 unspecified atom stereocenters. The van der Waals surface area contributed by atoms with Crippen LogP contribution in [0.4, 0.5) is 4.39 Å². The molecule has 0 bridgehead atoms. The molecule has 8 nitrogen and oxygen atoms in total. The van der Waals surface area contributed by atoms with Crippen molar-refractivity contribution in [2.45, 2.75) is 13.1 Å². The summed E-state index contributed by atoms with van der Waals surface area (Å²) in [4.78, 5) is 16.2. The van der Waals surface area contributed by atoms with Crippen molar-refractivity contribution in [2.24, 2.45) is 5.73 Å². The first-order valence-corrected chi connectivity index (χ1v) is 11.6. The second kappa shape index (κ2) is 9.49. The van der Waals surface area contributed by atoms with Gasteiger partial charge in [0.15, 0.2) is 9.84 Å². The van der Waals surface area contributed by atoms with E-state index in [0.717, 1.165) is 9.75 Å². The number of hydrogen-bond acceptors (Lipinski definition) is 7. The molecule has 11 heteroatoms. The van der Waals surface area contributed by atoms with E-state index in [1.165, 1.54) is 26.9 Å². The Bertz CT molecular complexity index is 1090. The van der Waals surface area contributed by atoms with Gasteiger partial charge in [0, 0.05) is 24.5 Å². The Balaban J connectivity index is 1.58. The van der Waals surface area contributed by atoms with Crippen LogP contribution in [0.2, 0.25) is 0 Å². The van der Waals surface area contributed by atoms with E-state index in [-0.39, 0.29) is 35.9 Å². The van der Waals surface area contributed by atoms with Gasteiger partial charge in [-0.3, -0.25) is 9.47 Å². The van der Waals surface area contributed by atoms with Crippen molar-refractivity contribution in [2.75, 3.05) is 37.7 Å². The maximum absolute atomic E-state index is 12.7. The Labute approximate surface area is 172 Å².